The van der Waals surface area contributed by atoms with Crippen molar-refractivity contribution in [3.05, 3.63) is 72.0 Å². The molecule has 144 valence electrons. The van der Waals surface area contributed by atoms with Gasteiger partial charge in [0.05, 0.1) is 0 Å². The molecule has 0 bridgehead atoms. The molecule has 1 amide bonds. The van der Waals surface area contributed by atoms with E-state index in [1.807, 2.05) is 30.3 Å². The van der Waals surface area contributed by atoms with E-state index in [-0.39, 0.29) is 5.91 Å². The zero-order chi connectivity index (χ0) is 19.2. The molecule has 2 aromatic heterocycles. The van der Waals surface area contributed by atoms with Gasteiger partial charge in [-0.05, 0) is 11.6 Å². The smallest absolute Gasteiger partial charge is 0.252 e. The lowest BCUT2D eigenvalue weighted by Crippen LogP contribution is -2.50. The van der Waals surface area contributed by atoms with Crippen LogP contribution in [0.15, 0.2) is 59.6 Å². The Hall–Kier alpha value is -3.26. The summed E-state index contributed by atoms with van der Waals surface area (Å²) in [5.74, 6) is 0.592. The minimum atomic E-state index is -0.712. The molecule has 0 saturated carbocycles. The van der Waals surface area contributed by atoms with Crippen molar-refractivity contribution in [1.82, 2.24) is 20.4 Å². The van der Waals surface area contributed by atoms with Crippen molar-refractivity contribution in [1.29, 1.82) is 0 Å². The summed E-state index contributed by atoms with van der Waals surface area (Å²) >= 11 is 0. The topological polar surface area (TPSA) is 99.4 Å². The van der Waals surface area contributed by atoms with Gasteiger partial charge in [0.2, 0.25) is 12.3 Å². The lowest BCUT2D eigenvalue weighted by Gasteiger charge is -2.35. The normalized spacial score (nSPS) is 15.7. The van der Waals surface area contributed by atoms with Crippen LogP contribution >= 0.6 is 0 Å². The van der Waals surface area contributed by atoms with E-state index in [9.17, 15) is 4.79 Å². The third kappa shape index (κ3) is 4.01. The van der Waals surface area contributed by atoms with E-state index < -0.39 is 5.54 Å². The Morgan fingerprint density at radius 2 is 1.96 bits per heavy atom. The molecule has 28 heavy (non-hydrogen) atoms. The van der Waals surface area contributed by atoms with Crippen LogP contribution in [-0.2, 0) is 16.9 Å². The molecule has 3 aromatic rings. The molecular weight excluding hydrogens is 360 g/mol. The molecule has 0 aliphatic carbocycles. The lowest BCUT2D eigenvalue weighted by atomic mass is 9.88. The van der Waals surface area contributed by atoms with Gasteiger partial charge in [-0.15, -0.1) is 0 Å². The van der Waals surface area contributed by atoms with E-state index in [2.05, 4.69) is 20.4 Å². The summed E-state index contributed by atoms with van der Waals surface area (Å²) in [5.41, 5.74) is 0.765. The summed E-state index contributed by atoms with van der Waals surface area (Å²) < 4.78 is 16.0. The standard InChI is InChI=1S/C20H20N4O4/c25-18(23-20(7-10-26-11-8-20)19-22-14-28-24-19)16-6-9-21-17(12-16)27-13-15-4-2-1-3-5-15/h1-6,9,12,14H,7-8,10-11,13H2,(H,23,25). The molecule has 1 aromatic carbocycles. The van der Waals surface area contributed by atoms with Crippen LogP contribution in [0.1, 0.15) is 34.6 Å². The van der Waals surface area contributed by atoms with Crippen molar-refractivity contribution in [2.45, 2.75) is 25.0 Å². The number of carbonyl (C=O) groups is 1. The number of benzene rings is 1. The molecule has 1 fully saturated rings. The van der Waals surface area contributed by atoms with Crippen LogP contribution in [0.5, 0.6) is 5.88 Å². The number of nitrogens with zero attached hydrogens (tertiary/aromatic N) is 3. The van der Waals surface area contributed by atoms with Gasteiger partial charge in [0.1, 0.15) is 12.1 Å². The first-order valence-corrected chi connectivity index (χ1v) is 9.05. The Bertz CT molecular complexity index is 909. The molecule has 1 aliphatic heterocycles. The van der Waals surface area contributed by atoms with Crippen LogP contribution in [0.4, 0.5) is 0 Å². The van der Waals surface area contributed by atoms with Gasteiger partial charge in [-0.1, -0.05) is 35.5 Å². The number of pyridine rings is 1. The van der Waals surface area contributed by atoms with Crippen molar-refractivity contribution >= 4 is 5.91 Å². The number of rotatable bonds is 6. The number of ether oxygens (including phenoxy) is 2. The molecule has 1 aliphatic rings. The average molecular weight is 380 g/mol. The molecule has 0 unspecified atom stereocenters. The zero-order valence-corrected chi connectivity index (χ0v) is 15.2. The Labute approximate surface area is 161 Å². The van der Waals surface area contributed by atoms with Crippen molar-refractivity contribution < 1.29 is 18.8 Å². The first kappa shape index (κ1) is 18.1. The predicted molar refractivity (Wildman–Crippen MR) is 98.5 cm³/mol. The highest BCUT2D eigenvalue weighted by Gasteiger charge is 2.40. The molecular formula is C20H20N4O4. The summed E-state index contributed by atoms with van der Waals surface area (Å²) in [6.45, 7) is 1.40. The average Bonchev–Trinajstić information content (AvgIpc) is 3.30. The number of amides is 1. The second kappa shape index (κ2) is 8.18. The van der Waals surface area contributed by atoms with E-state index in [4.69, 9.17) is 14.0 Å². The van der Waals surface area contributed by atoms with Crippen LogP contribution in [0.3, 0.4) is 0 Å². The van der Waals surface area contributed by atoms with Gasteiger partial charge in [0.15, 0.2) is 5.82 Å². The van der Waals surface area contributed by atoms with E-state index >= 15 is 0 Å². The molecule has 4 rings (SSSR count). The Morgan fingerprint density at radius 3 is 2.71 bits per heavy atom. The fourth-order valence-electron chi connectivity index (χ4n) is 3.16. The summed E-state index contributed by atoms with van der Waals surface area (Å²) in [4.78, 5) is 21.3. The van der Waals surface area contributed by atoms with Crippen molar-refractivity contribution in [2.75, 3.05) is 13.2 Å². The quantitative estimate of drug-likeness (QED) is 0.701. The molecule has 0 spiro atoms. The highest BCUT2D eigenvalue weighted by atomic mass is 16.5. The van der Waals surface area contributed by atoms with Crippen molar-refractivity contribution in [2.24, 2.45) is 0 Å². The molecule has 8 nitrogen and oxygen atoms in total. The number of carbonyl (C=O) groups excluding carboxylic acids is 1. The maximum absolute atomic E-state index is 12.9. The van der Waals surface area contributed by atoms with Crippen LogP contribution in [0.25, 0.3) is 0 Å². The summed E-state index contributed by atoms with van der Waals surface area (Å²) in [7, 11) is 0. The van der Waals surface area contributed by atoms with Crippen molar-refractivity contribution in [3.63, 3.8) is 0 Å². The largest absolute Gasteiger partial charge is 0.473 e. The molecule has 3 heterocycles. The molecule has 1 N–H and O–H groups in total. The van der Waals surface area contributed by atoms with Crippen LogP contribution in [0.2, 0.25) is 0 Å². The minimum absolute atomic E-state index is 0.251. The summed E-state index contributed by atoms with van der Waals surface area (Å²) in [6.07, 6.45) is 3.96. The Morgan fingerprint density at radius 1 is 1.14 bits per heavy atom. The first-order chi connectivity index (χ1) is 13.8. The van der Waals surface area contributed by atoms with Gasteiger partial charge in [0.25, 0.3) is 5.91 Å². The van der Waals surface area contributed by atoms with Gasteiger partial charge in [-0.25, -0.2) is 4.98 Å². The van der Waals surface area contributed by atoms with Crippen LogP contribution < -0.4 is 10.1 Å². The summed E-state index contributed by atoms with van der Waals surface area (Å²) in [5, 5.41) is 7.01. The number of aromatic nitrogens is 3. The second-order valence-electron chi connectivity index (χ2n) is 6.56. The van der Waals surface area contributed by atoms with E-state index in [1.165, 1.54) is 6.39 Å². The maximum atomic E-state index is 12.9. The number of hydrogen-bond donors (Lipinski definition) is 1. The lowest BCUT2D eigenvalue weighted by molar-refractivity contribution is 0.0305. The van der Waals surface area contributed by atoms with Gasteiger partial charge in [-0.2, -0.15) is 4.98 Å². The highest BCUT2D eigenvalue weighted by Crippen LogP contribution is 2.30. The van der Waals surface area contributed by atoms with E-state index in [0.29, 0.717) is 49.9 Å². The maximum Gasteiger partial charge on any atom is 0.252 e. The fraction of sp³-hybridized carbons (Fsp3) is 0.300. The van der Waals surface area contributed by atoms with Crippen molar-refractivity contribution in [3.8, 4) is 5.88 Å². The third-order valence-electron chi connectivity index (χ3n) is 4.72. The molecule has 0 radical (unpaired) electrons. The number of hydrogen-bond acceptors (Lipinski definition) is 7. The van der Waals surface area contributed by atoms with Crippen LogP contribution in [-0.4, -0.2) is 34.2 Å². The third-order valence-corrected chi connectivity index (χ3v) is 4.72. The predicted octanol–water partition coefficient (Wildman–Crippen LogP) is 2.48. The molecule has 0 atom stereocenters. The van der Waals surface area contributed by atoms with E-state index in [1.54, 1.807) is 18.3 Å². The fourth-order valence-corrected chi connectivity index (χ4v) is 3.16. The van der Waals surface area contributed by atoms with Gasteiger partial charge >= 0.3 is 0 Å². The molecule has 8 heteroatoms. The monoisotopic (exact) mass is 380 g/mol. The second-order valence-corrected chi connectivity index (χ2v) is 6.56. The van der Waals surface area contributed by atoms with Gasteiger partial charge in [-0.3, -0.25) is 4.79 Å². The highest BCUT2D eigenvalue weighted by molar-refractivity contribution is 5.94. The Kier molecular flexibility index (Phi) is 5.29. The summed E-state index contributed by atoms with van der Waals surface area (Å²) in [6, 6.07) is 13.0. The van der Waals surface area contributed by atoms with Gasteiger partial charge in [0, 0.05) is 43.9 Å². The molecule has 1 saturated heterocycles. The Balaban J connectivity index is 1.48. The first-order valence-electron chi connectivity index (χ1n) is 9.05. The van der Waals surface area contributed by atoms with Gasteiger partial charge < -0.3 is 19.3 Å². The zero-order valence-electron chi connectivity index (χ0n) is 15.2. The number of nitrogens with one attached hydrogen (secondary N) is 1. The van der Waals surface area contributed by atoms with E-state index in [0.717, 1.165) is 5.56 Å². The van der Waals surface area contributed by atoms with Crippen LogP contribution in [0, 0.1) is 0 Å². The SMILES string of the molecule is O=C(NC1(c2ncon2)CCOCC1)c1ccnc(OCc2ccccc2)c1. The minimum Gasteiger partial charge on any atom is -0.473 e.